The third-order valence-electron chi connectivity index (χ3n) is 1.32. The van der Waals surface area contributed by atoms with Crippen LogP contribution in [0.25, 0.3) is 0 Å². The van der Waals surface area contributed by atoms with Crippen molar-refractivity contribution in [2.75, 3.05) is 32.7 Å². The summed E-state index contributed by atoms with van der Waals surface area (Å²) in [7, 11) is 0. The lowest BCUT2D eigenvalue weighted by atomic mass is 10.4. The van der Waals surface area contributed by atoms with Crippen molar-refractivity contribution < 1.29 is 0 Å². The fourth-order valence-electron chi connectivity index (χ4n) is 0.733. The lowest BCUT2D eigenvalue weighted by Crippen LogP contribution is -2.28. The van der Waals surface area contributed by atoms with E-state index in [1.165, 1.54) is 0 Å². The SMILES string of the molecule is C=CCNCCNCCCN. The van der Waals surface area contributed by atoms with Crippen LogP contribution in [-0.2, 0) is 0 Å². The maximum Gasteiger partial charge on any atom is 0.0132 e. The van der Waals surface area contributed by atoms with Gasteiger partial charge in [0.2, 0.25) is 0 Å². The van der Waals surface area contributed by atoms with Gasteiger partial charge in [0.1, 0.15) is 0 Å². The van der Waals surface area contributed by atoms with Crippen LogP contribution in [0, 0.1) is 0 Å². The lowest BCUT2D eigenvalue weighted by Gasteiger charge is -2.03. The van der Waals surface area contributed by atoms with Crippen LogP contribution in [0.5, 0.6) is 0 Å². The Bertz CT molecular complexity index is 83.4. The smallest absolute Gasteiger partial charge is 0.0132 e. The van der Waals surface area contributed by atoms with Crippen molar-refractivity contribution in [1.82, 2.24) is 10.6 Å². The Morgan fingerprint density at radius 1 is 1.18 bits per heavy atom. The highest BCUT2D eigenvalue weighted by Crippen LogP contribution is 1.68. The molecule has 0 aliphatic heterocycles. The molecule has 4 N–H and O–H groups in total. The minimum absolute atomic E-state index is 0.771. The van der Waals surface area contributed by atoms with Gasteiger partial charge in [-0.1, -0.05) is 6.08 Å². The Morgan fingerprint density at radius 2 is 1.91 bits per heavy atom. The average molecular weight is 157 g/mol. The van der Waals surface area contributed by atoms with Gasteiger partial charge in [0.25, 0.3) is 0 Å². The van der Waals surface area contributed by atoms with E-state index in [4.69, 9.17) is 5.73 Å². The summed E-state index contributed by atoms with van der Waals surface area (Å²) in [4.78, 5) is 0. The van der Waals surface area contributed by atoms with Gasteiger partial charge < -0.3 is 16.4 Å². The Labute approximate surface area is 69.0 Å². The molecule has 0 heterocycles. The molecular formula is C8H19N3. The summed E-state index contributed by atoms with van der Waals surface area (Å²) in [6.45, 7) is 8.29. The molecule has 0 radical (unpaired) electrons. The molecule has 3 nitrogen and oxygen atoms in total. The van der Waals surface area contributed by atoms with Crippen molar-refractivity contribution in [2.45, 2.75) is 6.42 Å². The van der Waals surface area contributed by atoms with Crippen LogP contribution in [0.4, 0.5) is 0 Å². The number of hydrogen-bond acceptors (Lipinski definition) is 3. The summed E-state index contributed by atoms with van der Waals surface area (Å²) >= 11 is 0. The number of nitrogens with two attached hydrogens (primary N) is 1. The van der Waals surface area contributed by atoms with Crippen molar-refractivity contribution in [1.29, 1.82) is 0 Å². The van der Waals surface area contributed by atoms with E-state index >= 15 is 0 Å². The topological polar surface area (TPSA) is 50.1 Å². The molecule has 3 heteroatoms. The van der Waals surface area contributed by atoms with Crippen molar-refractivity contribution >= 4 is 0 Å². The summed E-state index contributed by atoms with van der Waals surface area (Å²) in [6.07, 6.45) is 2.92. The molecule has 11 heavy (non-hydrogen) atoms. The Hall–Kier alpha value is -0.380. The maximum absolute atomic E-state index is 5.32. The van der Waals surface area contributed by atoms with E-state index in [1.807, 2.05) is 6.08 Å². The minimum Gasteiger partial charge on any atom is -0.330 e. The molecule has 0 saturated heterocycles. The average Bonchev–Trinajstić information content (AvgIpc) is 2.03. The summed E-state index contributed by atoms with van der Waals surface area (Å²) in [6, 6.07) is 0. The van der Waals surface area contributed by atoms with E-state index in [0.717, 1.165) is 39.1 Å². The summed E-state index contributed by atoms with van der Waals surface area (Å²) in [5.41, 5.74) is 5.32. The Balaban J connectivity index is 2.74. The van der Waals surface area contributed by atoms with Crippen molar-refractivity contribution in [3.05, 3.63) is 12.7 Å². The highest BCUT2D eigenvalue weighted by Gasteiger charge is 1.84. The van der Waals surface area contributed by atoms with E-state index < -0.39 is 0 Å². The third-order valence-corrected chi connectivity index (χ3v) is 1.32. The van der Waals surface area contributed by atoms with Crippen LogP contribution in [-0.4, -0.2) is 32.7 Å². The Kier molecular flexibility index (Phi) is 9.29. The van der Waals surface area contributed by atoms with Gasteiger partial charge in [-0.05, 0) is 19.5 Å². The number of hydrogen-bond donors (Lipinski definition) is 3. The molecule has 0 saturated carbocycles. The molecule has 0 rings (SSSR count). The normalized spacial score (nSPS) is 9.91. The van der Waals surface area contributed by atoms with E-state index in [-0.39, 0.29) is 0 Å². The summed E-state index contributed by atoms with van der Waals surface area (Å²) in [5, 5.41) is 6.47. The van der Waals surface area contributed by atoms with Crippen LogP contribution in [0.1, 0.15) is 6.42 Å². The van der Waals surface area contributed by atoms with Crippen molar-refractivity contribution in [2.24, 2.45) is 5.73 Å². The molecule has 0 unspecified atom stereocenters. The zero-order chi connectivity index (χ0) is 8.36. The minimum atomic E-state index is 0.771. The molecule has 0 atom stereocenters. The van der Waals surface area contributed by atoms with Gasteiger partial charge in [0.05, 0.1) is 0 Å². The molecule has 0 amide bonds. The van der Waals surface area contributed by atoms with Gasteiger partial charge in [0.15, 0.2) is 0 Å². The number of rotatable bonds is 8. The highest BCUT2D eigenvalue weighted by molar-refractivity contribution is 4.69. The van der Waals surface area contributed by atoms with E-state index in [2.05, 4.69) is 17.2 Å². The third kappa shape index (κ3) is 9.62. The molecule has 0 bridgehead atoms. The standard InChI is InChI=1S/C8H19N3/c1-2-5-10-7-8-11-6-3-4-9/h2,10-11H,1,3-9H2. The second-order valence-corrected chi connectivity index (χ2v) is 2.39. The second-order valence-electron chi connectivity index (χ2n) is 2.39. The van der Waals surface area contributed by atoms with Gasteiger partial charge in [0, 0.05) is 19.6 Å². The van der Waals surface area contributed by atoms with Gasteiger partial charge in [-0.2, -0.15) is 0 Å². The zero-order valence-electron chi connectivity index (χ0n) is 7.10. The van der Waals surface area contributed by atoms with Gasteiger partial charge in [-0.3, -0.25) is 0 Å². The highest BCUT2D eigenvalue weighted by atomic mass is 14.9. The molecule has 0 aromatic heterocycles. The maximum atomic E-state index is 5.32. The van der Waals surface area contributed by atoms with E-state index in [1.54, 1.807) is 0 Å². The van der Waals surface area contributed by atoms with Gasteiger partial charge >= 0.3 is 0 Å². The first-order valence-electron chi connectivity index (χ1n) is 4.14. The van der Waals surface area contributed by atoms with Crippen LogP contribution >= 0.6 is 0 Å². The summed E-state index contributed by atoms with van der Waals surface area (Å²) in [5.74, 6) is 0. The van der Waals surface area contributed by atoms with Crippen LogP contribution in [0.15, 0.2) is 12.7 Å². The fourth-order valence-corrected chi connectivity index (χ4v) is 0.733. The predicted molar refractivity (Wildman–Crippen MR) is 49.6 cm³/mol. The zero-order valence-corrected chi connectivity index (χ0v) is 7.10. The van der Waals surface area contributed by atoms with Crippen LogP contribution in [0.3, 0.4) is 0 Å². The quantitative estimate of drug-likeness (QED) is 0.335. The summed E-state index contributed by atoms with van der Waals surface area (Å²) < 4.78 is 0. The molecule has 66 valence electrons. The molecule has 0 aliphatic rings. The molecular weight excluding hydrogens is 138 g/mol. The molecule has 0 aromatic carbocycles. The van der Waals surface area contributed by atoms with Gasteiger partial charge in [-0.15, -0.1) is 6.58 Å². The van der Waals surface area contributed by atoms with Gasteiger partial charge in [-0.25, -0.2) is 0 Å². The number of nitrogens with one attached hydrogen (secondary N) is 2. The van der Waals surface area contributed by atoms with Crippen LogP contribution in [0.2, 0.25) is 0 Å². The fraction of sp³-hybridized carbons (Fsp3) is 0.750. The predicted octanol–water partition coefficient (Wildman–Crippen LogP) is -0.300. The first-order chi connectivity index (χ1) is 5.41. The monoisotopic (exact) mass is 157 g/mol. The van der Waals surface area contributed by atoms with E-state index in [0.29, 0.717) is 0 Å². The van der Waals surface area contributed by atoms with Crippen molar-refractivity contribution in [3.63, 3.8) is 0 Å². The molecule has 0 aromatic rings. The molecule has 0 fully saturated rings. The first-order valence-corrected chi connectivity index (χ1v) is 4.14. The first kappa shape index (κ1) is 10.6. The van der Waals surface area contributed by atoms with Crippen molar-refractivity contribution in [3.8, 4) is 0 Å². The lowest BCUT2D eigenvalue weighted by molar-refractivity contribution is 0.618. The largest absolute Gasteiger partial charge is 0.330 e. The second kappa shape index (κ2) is 9.62. The molecule has 0 aliphatic carbocycles. The molecule has 0 spiro atoms. The Morgan fingerprint density at radius 3 is 2.55 bits per heavy atom. The van der Waals surface area contributed by atoms with E-state index in [9.17, 15) is 0 Å². The van der Waals surface area contributed by atoms with Crippen LogP contribution < -0.4 is 16.4 Å².